The third-order valence-electron chi connectivity index (χ3n) is 1.66. The van der Waals surface area contributed by atoms with E-state index in [9.17, 15) is 0 Å². The van der Waals surface area contributed by atoms with Gasteiger partial charge in [-0.25, -0.2) is 0 Å². The van der Waals surface area contributed by atoms with Gasteiger partial charge in [0.25, 0.3) is 0 Å². The SMILES string of the molecule is CCCCOCc1ccncc1. The zero-order valence-corrected chi connectivity index (χ0v) is 7.49. The van der Waals surface area contributed by atoms with Gasteiger partial charge in [0, 0.05) is 19.0 Å². The average molecular weight is 165 g/mol. The third-order valence-corrected chi connectivity index (χ3v) is 1.66. The van der Waals surface area contributed by atoms with E-state index < -0.39 is 0 Å². The topological polar surface area (TPSA) is 22.1 Å². The van der Waals surface area contributed by atoms with Gasteiger partial charge < -0.3 is 4.74 Å². The number of unbranched alkanes of at least 4 members (excludes halogenated alkanes) is 1. The lowest BCUT2D eigenvalue weighted by Crippen LogP contribution is -1.94. The van der Waals surface area contributed by atoms with Crippen LogP contribution in [0.5, 0.6) is 0 Å². The minimum atomic E-state index is 0.711. The van der Waals surface area contributed by atoms with Crippen molar-refractivity contribution >= 4 is 0 Å². The van der Waals surface area contributed by atoms with E-state index in [1.54, 1.807) is 12.4 Å². The highest BCUT2D eigenvalue weighted by Gasteiger charge is 1.90. The summed E-state index contributed by atoms with van der Waals surface area (Å²) in [6.45, 7) is 3.73. The highest BCUT2D eigenvalue weighted by Crippen LogP contribution is 1.99. The number of pyridine rings is 1. The summed E-state index contributed by atoms with van der Waals surface area (Å²) < 4.78 is 5.43. The van der Waals surface area contributed by atoms with Crippen LogP contribution in [0, 0.1) is 0 Å². The minimum absolute atomic E-state index is 0.711. The maximum absolute atomic E-state index is 5.43. The largest absolute Gasteiger partial charge is 0.377 e. The molecular formula is C10H15NO. The fourth-order valence-corrected chi connectivity index (χ4v) is 0.915. The molecule has 0 radical (unpaired) electrons. The zero-order chi connectivity index (χ0) is 8.65. The van der Waals surface area contributed by atoms with Gasteiger partial charge in [-0.05, 0) is 24.1 Å². The second kappa shape index (κ2) is 5.72. The van der Waals surface area contributed by atoms with Crippen LogP contribution >= 0.6 is 0 Å². The molecule has 0 spiro atoms. The van der Waals surface area contributed by atoms with Crippen molar-refractivity contribution in [1.29, 1.82) is 0 Å². The van der Waals surface area contributed by atoms with Gasteiger partial charge in [0.1, 0.15) is 0 Å². The van der Waals surface area contributed by atoms with E-state index in [-0.39, 0.29) is 0 Å². The standard InChI is InChI=1S/C10H15NO/c1-2-3-8-12-9-10-4-6-11-7-5-10/h4-7H,2-3,8-9H2,1H3. The van der Waals surface area contributed by atoms with Crippen LogP contribution in [-0.4, -0.2) is 11.6 Å². The van der Waals surface area contributed by atoms with E-state index >= 15 is 0 Å². The summed E-state index contributed by atoms with van der Waals surface area (Å²) in [5.74, 6) is 0. The third kappa shape index (κ3) is 3.49. The Bertz CT molecular complexity index is 198. The van der Waals surface area contributed by atoms with E-state index in [1.807, 2.05) is 12.1 Å². The summed E-state index contributed by atoms with van der Waals surface area (Å²) >= 11 is 0. The molecule has 0 amide bonds. The predicted molar refractivity (Wildman–Crippen MR) is 48.8 cm³/mol. The molecule has 0 saturated carbocycles. The molecule has 1 aromatic heterocycles. The van der Waals surface area contributed by atoms with Gasteiger partial charge in [-0.15, -0.1) is 0 Å². The molecule has 1 rings (SSSR count). The summed E-state index contributed by atoms with van der Waals surface area (Å²) in [4.78, 5) is 3.93. The molecule has 0 fully saturated rings. The van der Waals surface area contributed by atoms with Gasteiger partial charge in [0.2, 0.25) is 0 Å². The Hall–Kier alpha value is -0.890. The van der Waals surface area contributed by atoms with Gasteiger partial charge in [0.15, 0.2) is 0 Å². The number of ether oxygens (including phenoxy) is 1. The van der Waals surface area contributed by atoms with Crippen molar-refractivity contribution in [3.05, 3.63) is 30.1 Å². The summed E-state index contributed by atoms with van der Waals surface area (Å²) in [7, 11) is 0. The summed E-state index contributed by atoms with van der Waals surface area (Å²) in [6.07, 6.45) is 5.92. The predicted octanol–water partition coefficient (Wildman–Crippen LogP) is 2.40. The first-order valence-electron chi connectivity index (χ1n) is 4.40. The quantitative estimate of drug-likeness (QED) is 0.625. The van der Waals surface area contributed by atoms with E-state index in [2.05, 4.69) is 11.9 Å². The van der Waals surface area contributed by atoms with Crippen molar-refractivity contribution in [2.75, 3.05) is 6.61 Å². The summed E-state index contributed by atoms with van der Waals surface area (Å²) in [5.41, 5.74) is 1.20. The molecule has 12 heavy (non-hydrogen) atoms. The van der Waals surface area contributed by atoms with Gasteiger partial charge in [0.05, 0.1) is 6.61 Å². The Morgan fingerprint density at radius 2 is 2.08 bits per heavy atom. The van der Waals surface area contributed by atoms with E-state index in [1.165, 1.54) is 12.0 Å². The molecule has 0 bridgehead atoms. The highest BCUT2D eigenvalue weighted by molar-refractivity contribution is 5.07. The van der Waals surface area contributed by atoms with E-state index in [0.29, 0.717) is 6.61 Å². The molecule has 0 saturated heterocycles. The molecular weight excluding hydrogens is 150 g/mol. The van der Waals surface area contributed by atoms with Crippen molar-refractivity contribution in [1.82, 2.24) is 4.98 Å². The Morgan fingerprint density at radius 3 is 2.75 bits per heavy atom. The molecule has 2 nitrogen and oxygen atoms in total. The maximum Gasteiger partial charge on any atom is 0.0717 e. The molecule has 1 heterocycles. The number of aromatic nitrogens is 1. The van der Waals surface area contributed by atoms with Crippen LogP contribution in [-0.2, 0) is 11.3 Å². The number of nitrogens with zero attached hydrogens (tertiary/aromatic N) is 1. The number of hydrogen-bond donors (Lipinski definition) is 0. The number of hydrogen-bond acceptors (Lipinski definition) is 2. The second-order valence-electron chi connectivity index (χ2n) is 2.76. The van der Waals surface area contributed by atoms with Crippen molar-refractivity contribution < 1.29 is 4.74 Å². The van der Waals surface area contributed by atoms with E-state index in [0.717, 1.165) is 13.0 Å². The molecule has 0 aromatic carbocycles. The summed E-state index contributed by atoms with van der Waals surface area (Å²) in [5, 5.41) is 0. The molecule has 0 aliphatic heterocycles. The van der Waals surface area contributed by atoms with Gasteiger partial charge in [-0.2, -0.15) is 0 Å². The first-order chi connectivity index (χ1) is 5.93. The van der Waals surface area contributed by atoms with Gasteiger partial charge in [-0.1, -0.05) is 13.3 Å². The molecule has 0 atom stereocenters. The minimum Gasteiger partial charge on any atom is -0.377 e. The van der Waals surface area contributed by atoms with Gasteiger partial charge >= 0.3 is 0 Å². The molecule has 1 aromatic rings. The van der Waals surface area contributed by atoms with Crippen LogP contribution in [0.1, 0.15) is 25.3 Å². The number of rotatable bonds is 5. The first kappa shape index (κ1) is 9.20. The Balaban J connectivity index is 2.16. The van der Waals surface area contributed by atoms with E-state index in [4.69, 9.17) is 4.74 Å². The molecule has 0 N–H and O–H groups in total. The fourth-order valence-electron chi connectivity index (χ4n) is 0.915. The lowest BCUT2D eigenvalue weighted by Gasteiger charge is -2.01. The van der Waals surface area contributed by atoms with Crippen LogP contribution in [0.4, 0.5) is 0 Å². The Labute approximate surface area is 73.6 Å². The highest BCUT2D eigenvalue weighted by atomic mass is 16.5. The average Bonchev–Trinajstić information content (AvgIpc) is 2.14. The van der Waals surface area contributed by atoms with Gasteiger partial charge in [-0.3, -0.25) is 4.98 Å². The van der Waals surface area contributed by atoms with Crippen LogP contribution < -0.4 is 0 Å². The fraction of sp³-hybridized carbons (Fsp3) is 0.500. The maximum atomic E-state index is 5.43. The Morgan fingerprint density at radius 1 is 1.33 bits per heavy atom. The molecule has 0 unspecified atom stereocenters. The zero-order valence-electron chi connectivity index (χ0n) is 7.49. The first-order valence-corrected chi connectivity index (χ1v) is 4.40. The normalized spacial score (nSPS) is 10.1. The smallest absolute Gasteiger partial charge is 0.0717 e. The summed E-state index contributed by atoms with van der Waals surface area (Å²) in [6, 6.07) is 3.96. The van der Waals surface area contributed by atoms with Crippen LogP contribution in [0.15, 0.2) is 24.5 Å². The lowest BCUT2D eigenvalue weighted by molar-refractivity contribution is 0.118. The van der Waals surface area contributed by atoms with Crippen molar-refractivity contribution in [3.63, 3.8) is 0 Å². The van der Waals surface area contributed by atoms with Crippen molar-refractivity contribution in [2.24, 2.45) is 0 Å². The van der Waals surface area contributed by atoms with Crippen molar-refractivity contribution in [2.45, 2.75) is 26.4 Å². The molecule has 2 heteroatoms. The van der Waals surface area contributed by atoms with Crippen LogP contribution in [0.2, 0.25) is 0 Å². The molecule has 66 valence electrons. The molecule has 0 aliphatic carbocycles. The second-order valence-corrected chi connectivity index (χ2v) is 2.76. The van der Waals surface area contributed by atoms with Crippen molar-refractivity contribution in [3.8, 4) is 0 Å². The Kier molecular flexibility index (Phi) is 4.39. The molecule has 0 aliphatic rings. The van der Waals surface area contributed by atoms with Crippen LogP contribution in [0.25, 0.3) is 0 Å². The lowest BCUT2D eigenvalue weighted by atomic mass is 10.3. The van der Waals surface area contributed by atoms with Crippen LogP contribution in [0.3, 0.4) is 0 Å². The monoisotopic (exact) mass is 165 g/mol.